The normalized spacial score (nSPS) is 9.75. The highest BCUT2D eigenvalue weighted by molar-refractivity contribution is 6.04. The number of nitrogens with zero attached hydrogens (tertiary/aromatic N) is 2. The van der Waals surface area contributed by atoms with Crippen LogP contribution in [0.1, 0.15) is 10.5 Å². The Morgan fingerprint density at radius 1 is 1.25 bits per heavy atom. The average Bonchev–Trinajstić information content (AvgIpc) is 2.33. The van der Waals surface area contributed by atoms with Gasteiger partial charge in [0.25, 0.3) is 5.91 Å². The molecule has 0 aliphatic rings. The fourth-order valence-electron chi connectivity index (χ4n) is 1.20. The Balaban J connectivity index is 2.18. The number of aromatic nitrogens is 2. The molecule has 5 nitrogen and oxygen atoms in total. The average molecular weight is 214 g/mol. The molecule has 0 bridgehead atoms. The molecule has 0 saturated carbocycles. The Labute approximate surface area is 92.3 Å². The number of hydrogen-bond donors (Lipinski definition) is 2. The van der Waals surface area contributed by atoms with Crippen molar-refractivity contribution in [2.75, 3.05) is 11.1 Å². The largest absolute Gasteiger partial charge is 0.396 e. The summed E-state index contributed by atoms with van der Waals surface area (Å²) in [5.41, 5.74) is 6.95. The van der Waals surface area contributed by atoms with Gasteiger partial charge in [0, 0.05) is 12.4 Å². The van der Waals surface area contributed by atoms with Crippen LogP contribution >= 0.6 is 0 Å². The number of anilines is 2. The van der Waals surface area contributed by atoms with E-state index in [1.807, 2.05) is 0 Å². The second-order valence-corrected chi connectivity index (χ2v) is 3.13. The smallest absolute Gasteiger partial charge is 0.274 e. The van der Waals surface area contributed by atoms with E-state index >= 15 is 0 Å². The predicted molar refractivity (Wildman–Crippen MR) is 60.8 cm³/mol. The summed E-state index contributed by atoms with van der Waals surface area (Å²) in [5.74, 6) is -0.293. The van der Waals surface area contributed by atoms with Crippen LogP contribution in [0.25, 0.3) is 0 Å². The van der Waals surface area contributed by atoms with E-state index in [0.717, 1.165) is 0 Å². The number of nitrogens with two attached hydrogens (primary N) is 1. The van der Waals surface area contributed by atoms with Gasteiger partial charge >= 0.3 is 0 Å². The maximum Gasteiger partial charge on any atom is 0.274 e. The maximum atomic E-state index is 11.7. The number of carbonyl (C=O) groups is 1. The van der Waals surface area contributed by atoms with Gasteiger partial charge in [0.1, 0.15) is 5.69 Å². The van der Waals surface area contributed by atoms with Crippen LogP contribution in [-0.2, 0) is 0 Å². The Kier molecular flexibility index (Phi) is 2.77. The number of rotatable bonds is 2. The minimum atomic E-state index is -0.293. The van der Waals surface area contributed by atoms with Gasteiger partial charge in [0.05, 0.1) is 17.6 Å². The van der Waals surface area contributed by atoms with E-state index in [1.165, 1.54) is 6.20 Å². The minimum absolute atomic E-state index is 0.293. The van der Waals surface area contributed by atoms with Gasteiger partial charge in [0.2, 0.25) is 0 Å². The van der Waals surface area contributed by atoms with Crippen LogP contribution in [0.3, 0.4) is 0 Å². The molecule has 2 rings (SSSR count). The van der Waals surface area contributed by atoms with Crippen molar-refractivity contribution in [2.45, 2.75) is 0 Å². The lowest BCUT2D eigenvalue weighted by Crippen LogP contribution is -2.14. The van der Waals surface area contributed by atoms with Gasteiger partial charge in [-0.05, 0) is 18.2 Å². The van der Waals surface area contributed by atoms with Gasteiger partial charge < -0.3 is 11.1 Å². The molecular formula is C11H10N4O. The first-order valence-corrected chi connectivity index (χ1v) is 4.69. The summed E-state index contributed by atoms with van der Waals surface area (Å²) in [5, 5.41) is 2.66. The van der Waals surface area contributed by atoms with Gasteiger partial charge in [-0.15, -0.1) is 0 Å². The van der Waals surface area contributed by atoms with Crippen molar-refractivity contribution in [3.8, 4) is 0 Å². The summed E-state index contributed by atoms with van der Waals surface area (Å²) in [6, 6.07) is 6.76. The number of pyridine rings is 2. The molecule has 5 heteroatoms. The molecule has 0 unspecified atom stereocenters. The van der Waals surface area contributed by atoms with E-state index in [2.05, 4.69) is 15.3 Å². The zero-order valence-corrected chi connectivity index (χ0v) is 8.42. The molecule has 0 aliphatic carbocycles. The van der Waals surface area contributed by atoms with Crippen molar-refractivity contribution in [1.82, 2.24) is 9.97 Å². The molecule has 16 heavy (non-hydrogen) atoms. The Hall–Kier alpha value is -2.43. The molecule has 0 radical (unpaired) electrons. The third kappa shape index (κ3) is 2.14. The molecule has 0 atom stereocenters. The first-order chi connectivity index (χ1) is 7.77. The van der Waals surface area contributed by atoms with Crippen LogP contribution < -0.4 is 11.1 Å². The lowest BCUT2D eigenvalue weighted by atomic mass is 10.3. The quantitative estimate of drug-likeness (QED) is 0.789. The highest BCUT2D eigenvalue weighted by Gasteiger charge is 2.07. The number of amides is 1. The summed E-state index contributed by atoms with van der Waals surface area (Å²) in [7, 11) is 0. The summed E-state index contributed by atoms with van der Waals surface area (Å²) in [4.78, 5) is 19.5. The van der Waals surface area contributed by atoms with Crippen molar-refractivity contribution in [2.24, 2.45) is 0 Å². The van der Waals surface area contributed by atoms with E-state index in [-0.39, 0.29) is 5.91 Å². The Morgan fingerprint density at radius 3 is 2.81 bits per heavy atom. The van der Waals surface area contributed by atoms with Crippen LogP contribution in [0.4, 0.5) is 11.4 Å². The molecule has 3 N–H and O–H groups in total. The van der Waals surface area contributed by atoms with Crippen LogP contribution in [0.15, 0.2) is 42.9 Å². The Bertz CT molecular complexity index is 498. The summed E-state index contributed by atoms with van der Waals surface area (Å²) >= 11 is 0. The van der Waals surface area contributed by atoms with Gasteiger partial charge in [-0.2, -0.15) is 0 Å². The van der Waals surface area contributed by atoms with Crippen LogP contribution in [0, 0.1) is 0 Å². The number of carbonyl (C=O) groups excluding carboxylic acids is 1. The molecule has 2 heterocycles. The molecule has 80 valence electrons. The summed E-state index contributed by atoms with van der Waals surface area (Å²) in [6.07, 6.45) is 4.60. The standard InChI is InChI=1S/C11H10N4O/c12-8-7-13-6-4-9(8)15-11(16)10-3-1-2-5-14-10/h1-7H,12H2,(H,13,15,16). The zero-order valence-electron chi connectivity index (χ0n) is 8.42. The van der Waals surface area contributed by atoms with Crippen molar-refractivity contribution in [3.05, 3.63) is 48.5 Å². The first-order valence-electron chi connectivity index (χ1n) is 4.69. The van der Waals surface area contributed by atoms with Gasteiger partial charge in [-0.25, -0.2) is 0 Å². The van der Waals surface area contributed by atoms with Gasteiger partial charge in [0.15, 0.2) is 0 Å². The molecule has 0 saturated heterocycles. The Morgan fingerprint density at radius 2 is 2.12 bits per heavy atom. The molecule has 0 fully saturated rings. The zero-order chi connectivity index (χ0) is 11.4. The lowest BCUT2D eigenvalue weighted by molar-refractivity contribution is 0.102. The summed E-state index contributed by atoms with van der Waals surface area (Å²) < 4.78 is 0. The fraction of sp³-hybridized carbons (Fsp3) is 0. The fourth-order valence-corrected chi connectivity index (χ4v) is 1.20. The van der Waals surface area contributed by atoms with Crippen LogP contribution in [0.2, 0.25) is 0 Å². The van der Waals surface area contributed by atoms with E-state index in [0.29, 0.717) is 17.1 Å². The topological polar surface area (TPSA) is 80.9 Å². The van der Waals surface area contributed by atoms with Crippen molar-refractivity contribution in [3.63, 3.8) is 0 Å². The monoisotopic (exact) mass is 214 g/mol. The number of hydrogen-bond acceptors (Lipinski definition) is 4. The van der Waals surface area contributed by atoms with Crippen LogP contribution in [-0.4, -0.2) is 15.9 Å². The van der Waals surface area contributed by atoms with E-state index in [4.69, 9.17) is 5.73 Å². The van der Waals surface area contributed by atoms with Crippen molar-refractivity contribution >= 4 is 17.3 Å². The first kappa shape index (κ1) is 10.1. The summed E-state index contributed by atoms with van der Waals surface area (Å²) in [6.45, 7) is 0. The van der Waals surface area contributed by atoms with E-state index < -0.39 is 0 Å². The molecule has 1 amide bonds. The highest BCUT2D eigenvalue weighted by atomic mass is 16.1. The molecular weight excluding hydrogens is 204 g/mol. The molecule has 2 aromatic rings. The lowest BCUT2D eigenvalue weighted by Gasteiger charge is -2.06. The van der Waals surface area contributed by atoms with Gasteiger partial charge in [-0.3, -0.25) is 14.8 Å². The minimum Gasteiger partial charge on any atom is -0.396 e. The third-order valence-corrected chi connectivity index (χ3v) is 2.00. The second kappa shape index (κ2) is 4.39. The molecule has 0 aromatic carbocycles. The molecule has 0 aliphatic heterocycles. The third-order valence-electron chi connectivity index (χ3n) is 2.00. The number of nitrogen functional groups attached to an aromatic ring is 1. The van der Waals surface area contributed by atoms with E-state index in [1.54, 1.807) is 36.7 Å². The highest BCUT2D eigenvalue weighted by Crippen LogP contribution is 2.15. The molecule has 2 aromatic heterocycles. The predicted octanol–water partition coefficient (Wildman–Crippen LogP) is 1.31. The van der Waals surface area contributed by atoms with Crippen molar-refractivity contribution < 1.29 is 4.79 Å². The van der Waals surface area contributed by atoms with Crippen molar-refractivity contribution in [1.29, 1.82) is 0 Å². The maximum absolute atomic E-state index is 11.7. The second-order valence-electron chi connectivity index (χ2n) is 3.13. The van der Waals surface area contributed by atoms with Gasteiger partial charge in [-0.1, -0.05) is 6.07 Å². The SMILES string of the molecule is Nc1cnccc1NC(=O)c1ccccn1. The van der Waals surface area contributed by atoms with E-state index in [9.17, 15) is 4.79 Å². The number of nitrogens with one attached hydrogen (secondary N) is 1. The molecule has 0 spiro atoms. The van der Waals surface area contributed by atoms with Crippen LogP contribution in [0.5, 0.6) is 0 Å².